The second-order valence-corrected chi connectivity index (χ2v) is 3.73. The minimum atomic E-state index is -0.922. The lowest BCUT2D eigenvalue weighted by molar-refractivity contribution is -0.115. The SMILES string of the molecule is NC(=O)c1nc(CC(=O)Nc2ccc(F)cc2F)no1. The minimum absolute atomic E-state index is 0.0844. The molecule has 0 spiro atoms. The maximum atomic E-state index is 13.3. The molecule has 1 heterocycles. The first-order valence-electron chi connectivity index (χ1n) is 5.33. The number of nitrogens with two attached hydrogens (primary N) is 1. The first kappa shape index (κ1) is 13.6. The number of nitrogens with one attached hydrogen (secondary N) is 1. The van der Waals surface area contributed by atoms with Crippen molar-refractivity contribution < 1.29 is 22.9 Å². The third-order valence-corrected chi connectivity index (χ3v) is 2.20. The highest BCUT2D eigenvalue weighted by atomic mass is 19.1. The van der Waals surface area contributed by atoms with Gasteiger partial charge in [0.25, 0.3) is 0 Å². The fraction of sp³-hybridized carbons (Fsp3) is 0.0909. The third-order valence-electron chi connectivity index (χ3n) is 2.20. The molecule has 2 rings (SSSR count). The lowest BCUT2D eigenvalue weighted by Crippen LogP contribution is -2.16. The van der Waals surface area contributed by atoms with Gasteiger partial charge < -0.3 is 15.6 Å². The van der Waals surface area contributed by atoms with Crippen LogP contribution in [0.2, 0.25) is 0 Å². The van der Waals surface area contributed by atoms with E-state index in [9.17, 15) is 18.4 Å². The van der Waals surface area contributed by atoms with Gasteiger partial charge in [0.1, 0.15) is 11.6 Å². The molecule has 0 aliphatic heterocycles. The van der Waals surface area contributed by atoms with Crippen LogP contribution in [0.5, 0.6) is 0 Å². The van der Waals surface area contributed by atoms with Gasteiger partial charge in [-0.2, -0.15) is 4.98 Å². The van der Waals surface area contributed by atoms with Crippen LogP contribution in [-0.4, -0.2) is 22.0 Å². The van der Waals surface area contributed by atoms with Gasteiger partial charge in [-0.1, -0.05) is 5.16 Å². The Labute approximate surface area is 110 Å². The van der Waals surface area contributed by atoms with Crippen molar-refractivity contribution in [1.29, 1.82) is 0 Å². The zero-order valence-corrected chi connectivity index (χ0v) is 9.89. The second-order valence-electron chi connectivity index (χ2n) is 3.73. The minimum Gasteiger partial charge on any atom is -0.361 e. The molecule has 9 heteroatoms. The lowest BCUT2D eigenvalue weighted by atomic mass is 10.3. The standard InChI is InChI=1S/C11H8F2N4O3/c12-5-1-2-7(6(13)3-5)15-9(18)4-8-16-11(10(14)19)20-17-8/h1-3H,4H2,(H2,14,19)(H,15,18). The second kappa shape index (κ2) is 5.43. The van der Waals surface area contributed by atoms with E-state index >= 15 is 0 Å². The van der Waals surface area contributed by atoms with Crippen molar-refractivity contribution in [3.8, 4) is 0 Å². The van der Waals surface area contributed by atoms with Crippen LogP contribution in [0, 0.1) is 11.6 Å². The molecule has 0 saturated carbocycles. The predicted molar refractivity (Wildman–Crippen MR) is 61.5 cm³/mol. The zero-order chi connectivity index (χ0) is 14.7. The Hall–Kier alpha value is -2.84. The molecule has 3 N–H and O–H groups in total. The molecule has 20 heavy (non-hydrogen) atoms. The zero-order valence-electron chi connectivity index (χ0n) is 9.89. The first-order chi connectivity index (χ1) is 9.45. The number of rotatable bonds is 4. The summed E-state index contributed by atoms with van der Waals surface area (Å²) < 4.78 is 30.5. The quantitative estimate of drug-likeness (QED) is 0.854. The molecule has 0 fully saturated rings. The molecule has 0 bridgehead atoms. The molecule has 0 aliphatic rings. The fourth-order valence-electron chi connectivity index (χ4n) is 1.35. The molecule has 1 aromatic carbocycles. The highest BCUT2D eigenvalue weighted by molar-refractivity contribution is 5.92. The van der Waals surface area contributed by atoms with E-state index in [2.05, 4.69) is 20.0 Å². The molecule has 0 radical (unpaired) electrons. The summed E-state index contributed by atoms with van der Waals surface area (Å²) in [5.74, 6) is -3.77. The Bertz CT molecular complexity index is 671. The summed E-state index contributed by atoms with van der Waals surface area (Å²) in [7, 11) is 0. The monoisotopic (exact) mass is 282 g/mol. The Morgan fingerprint density at radius 1 is 1.35 bits per heavy atom. The highest BCUT2D eigenvalue weighted by Crippen LogP contribution is 2.15. The molecule has 7 nitrogen and oxygen atoms in total. The van der Waals surface area contributed by atoms with E-state index in [4.69, 9.17) is 5.73 Å². The van der Waals surface area contributed by atoms with Gasteiger partial charge in [-0.25, -0.2) is 8.78 Å². The van der Waals surface area contributed by atoms with Gasteiger partial charge >= 0.3 is 11.8 Å². The number of hydrogen-bond acceptors (Lipinski definition) is 5. The molecule has 0 unspecified atom stereocenters. The summed E-state index contributed by atoms with van der Waals surface area (Å²) >= 11 is 0. The maximum Gasteiger partial charge on any atom is 0.315 e. The summed E-state index contributed by atoms with van der Waals surface area (Å²) in [6.45, 7) is 0. The van der Waals surface area contributed by atoms with Crippen molar-refractivity contribution in [2.45, 2.75) is 6.42 Å². The number of benzene rings is 1. The molecule has 1 aromatic heterocycles. The Morgan fingerprint density at radius 3 is 2.70 bits per heavy atom. The van der Waals surface area contributed by atoms with Crippen molar-refractivity contribution in [1.82, 2.24) is 10.1 Å². The topological polar surface area (TPSA) is 111 Å². The maximum absolute atomic E-state index is 13.3. The van der Waals surface area contributed by atoms with Crippen LogP contribution in [0.4, 0.5) is 14.5 Å². The molecule has 0 aliphatic carbocycles. The molecule has 104 valence electrons. The summed E-state index contributed by atoms with van der Waals surface area (Å²) in [5, 5.41) is 5.56. The van der Waals surface area contributed by atoms with Crippen molar-refractivity contribution in [2.75, 3.05) is 5.32 Å². The molecule has 0 atom stereocenters. The van der Waals surface area contributed by atoms with Crippen LogP contribution < -0.4 is 11.1 Å². The number of carbonyl (C=O) groups excluding carboxylic acids is 2. The number of nitrogens with zero attached hydrogens (tertiary/aromatic N) is 2. The third kappa shape index (κ3) is 3.13. The molecule has 2 amide bonds. The van der Waals surface area contributed by atoms with E-state index in [1.54, 1.807) is 0 Å². The number of anilines is 1. The predicted octanol–water partition coefficient (Wildman–Crippen LogP) is 0.628. The van der Waals surface area contributed by atoms with E-state index in [1.165, 1.54) is 0 Å². The van der Waals surface area contributed by atoms with Crippen LogP contribution in [0.25, 0.3) is 0 Å². The van der Waals surface area contributed by atoms with E-state index < -0.39 is 29.3 Å². The summed E-state index contributed by atoms with van der Waals surface area (Å²) in [5.41, 5.74) is 4.71. The molecule has 0 saturated heterocycles. The molecular formula is C11H8F2N4O3. The largest absolute Gasteiger partial charge is 0.361 e. The normalized spacial score (nSPS) is 10.3. The van der Waals surface area contributed by atoms with Gasteiger partial charge in [0.15, 0.2) is 5.82 Å². The summed E-state index contributed by atoms with van der Waals surface area (Å²) in [6, 6.07) is 2.71. The van der Waals surface area contributed by atoms with Crippen molar-refractivity contribution in [2.24, 2.45) is 5.73 Å². The number of halogens is 2. The average molecular weight is 282 g/mol. The number of hydrogen-bond donors (Lipinski definition) is 2. The average Bonchev–Trinajstić information content (AvgIpc) is 2.81. The lowest BCUT2D eigenvalue weighted by Gasteiger charge is -2.04. The Kier molecular flexibility index (Phi) is 3.69. The van der Waals surface area contributed by atoms with Gasteiger partial charge in [0, 0.05) is 6.07 Å². The van der Waals surface area contributed by atoms with Gasteiger partial charge in [0.2, 0.25) is 5.91 Å². The summed E-state index contributed by atoms with van der Waals surface area (Å²) in [4.78, 5) is 25.9. The van der Waals surface area contributed by atoms with Crippen LogP contribution in [-0.2, 0) is 11.2 Å². The van der Waals surface area contributed by atoms with Crippen LogP contribution >= 0.6 is 0 Å². The van der Waals surface area contributed by atoms with Gasteiger partial charge in [0.05, 0.1) is 12.1 Å². The van der Waals surface area contributed by atoms with E-state index in [-0.39, 0.29) is 17.9 Å². The fourth-order valence-corrected chi connectivity index (χ4v) is 1.35. The number of aromatic nitrogens is 2. The van der Waals surface area contributed by atoms with E-state index in [0.717, 1.165) is 12.1 Å². The molecule has 2 aromatic rings. The van der Waals surface area contributed by atoms with Crippen molar-refractivity contribution in [3.05, 3.63) is 41.5 Å². The van der Waals surface area contributed by atoms with Gasteiger partial charge in [-0.15, -0.1) is 0 Å². The van der Waals surface area contributed by atoms with Crippen LogP contribution in [0.1, 0.15) is 16.5 Å². The summed E-state index contributed by atoms with van der Waals surface area (Å²) in [6.07, 6.45) is -0.354. The first-order valence-corrected chi connectivity index (χ1v) is 5.33. The van der Waals surface area contributed by atoms with Crippen molar-refractivity contribution >= 4 is 17.5 Å². The van der Waals surface area contributed by atoms with E-state index in [1.807, 2.05) is 0 Å². The number of carbonyl (C=O) groups is 2. The van der Waals surface area contributed by atoms with Crippen LogP contribution in [0.15, 0.2) is 22.7 Å². The highest BCUT2D eigenvalue weighted by Gasteiger charge is 2.15. The number of primary amides is 1. The van der Waals surface area contributed by atoms with E-state index in [0.29, 0.717) is 6.07 Å². The van der Waals surface area contributed by atoms with Crippen molar-refractivity contribution in [3.63, 3.8) is 0 Å². The van der Waals surface area contributed by atoms with Gasteiger partial charge in [-0.05, 0) is 12.1 Å². The number of amides is 2. The van der Waals surface area contributed by atoms with Crippen LogP contribution in [0.3, 0.4) is 0 Å². The smallest absolute Gasteiger partial charge is 0.315 e. The Balaban J connectivity index is 2.03. The van der Waals surface area contributed by atoms with Gasteiger partial charge in [-0.3, -0.25) is 9.59 Å². The Morgan fingerprint density at radius 2 is 2.10 bits per heavy atom. The molecular weight excluding hydrogens is 274 g/mol.